The van der Waals surface area contributed by atoms with Crippen LogP contribution >= 0.6 is 0 Å². The quantitative estimate of drug-likeness (QED) is 0.637. The van der Waals surface area contributed by atoms with E-state index >= 15 is 0 Å². The molecule has 0 spiro atoms. The molecule has 0 saturated carbocycles. The highest BCUT2D eigenvalue weighted by molar-refractivity contribution is 5.37. The monoisotopic (exact) mass is 280 g/mol. The minimum Gasteiger partial charge on any atom is -0.211 e. The Morgan fingerprint density at radius 3 is 1.52 bits per heavy atom. The molecule has 0 saturated heterocycles. The number of isocyanates is 2. The van der Waals surface area contributed by atoms with E-state index in [9.17, 15) is 9.59 Å². The number of aliphatic imine (C=N–C) groups is 2. The number of aryl methyl sites for hydroxylation is 1. The van der Waals surface area contributed by atoms with Gasteiger partial charge in [0.1, 0.15) is 0 Å². The van der Waals surface area contributed by atoms with E-state index in [1.807, 2.05) is 42.5 Å². The third-order valence-electron chi connectivity index (χ3n) is 2.69. The first-order chi connectivity index (χ1) is 10.3. The van der Waals surface area contributed by atoms with E-state index in [-0.39, 0.29) is 13.1 Å². The molecule has 0 unspecified atom stereocenters. The van der Waals surface area contributed by atoms with Crippen LogP contribution in [-0.2, 0) is 22.7 Å². The summed E-state index contributed by atoms with van der Waals surface area (Å²) in [6, 6.07) is 17.6. The molecule has 4 nitrogen and oxygen atoms in total. The van der Waals surface area contributed by atoms with Crippen molar-refractivity contribution in [2.45, 2.75) is 20.0 Å². The minimum absolute atomic E-state index is 0.272. The van der Waals surface area contributed by atoms with E-state index in [1.165, 1.54) is 17.7 Å². The molecule has 0 radical (unpaired) electrons. The van der Waals surface area contributed by atoms with Gasteiger partial charge in [-0.05, 0) is 18.1 Å². The fourth-order valence-electron chi connectivity index (χ4n) is 1.64. The van der Waals surface area contributed by atoms with Crippen LogP contribution in [0.25, 0.3) is 0 Å². The summed E-state index contributed by atoms with van der Waals surface area (Å²) in [7, 11) is 0. The Morgan fingerprint density at radius 1 is 0.762 bits per heavy atom. The highest BCUT2D eigenvalue weighted by Gasteiger charge is 1.99. The molecular weight excluding hydrogens is 264 g/mol. The molecule has 21 heavy (non-hydrogen) atoms. The lowest BCUT2D eigenvalue weighted by molar-refractivity contribution is 0.561. The van der Waals surface area contributed by atoms with Crippen LogP contribution in [0.5, 0.6) is 0 Å². The normalized spacial score (nSPS) is 8.62. The van der Waals surface area contributed by atoms with Gasteiger partial charge in [0.25, 0.3) is 0 Å². The summed E-state index contributed by atoms with van der Waals surface area (Å²) in [5.41, 5.74) is 3.06. The molecule has 2 aromatic carbocycles. The summed E-state index contributed by atoms with van der Waals surface area (Å²) < 4.78 is 0. The number of carbonyl (C=O) groups excluding carboxylic acids is 2. The first-order valence-electron chi connectivity index (χ1n) is 6.43. The number of hydrogen-bond acceptors (Lipinski definition) is 4. The van der Waals surface area contributed by atoms with Crippen molar-refractivity contribution in [2.24, 2.45) is 9.98 Å². The van der Waals surface area contributed by atoms with Crippen molar-refractivity contribution in [2.75, 3.05) is 0 Å². The highest BCUT2D eigenvalue weighted by Crippen LogP contribution is 2.10. The Hall–Kier alpha value is -2.80. The van der Waals surface area contributed by atoms with Gasteiger partial charge in [0.05, 0.1) is 13.1 Å². The average molecular weight is 280 g/mol. The smallest absolute Gasteiger partial charge is 0.211 e. The number of nitrogens with zero attached hydrogens (tertiary/aromatic N) is 2. The van der Waals surface area contributed by atoms with Gasteiger partial charge in [0, 0.05) is 0 Å². The zero-order valence-electron chi connectivity index (χ0n) is 11.8. The van der Waals surface area contributed by atoms with Crippen molar-refractivity contribution in [1.29, 1.82) is 0 Å². The maximum Gasteiger partial charge on any atom is 0.235 e. The molecule has 0 N–H and O–H groups in total. The third kappa shape index (κ3) is 6.79. The number of rotatable bonds is 4. The lowest BCUT2D eigenvalue weighted by atomic mass is 10.1. The van der Waals surface area contributed by atoms with Gasteiger partial charge in [0.2, 0.25) is 12.2 Å². The Labute approximate surface area is 123 Å². The van der Waals surface area contributed by atoms with Crippen molar-refractivity contribution in [1.82, 2.24) is 0 Å². The molecule has 2 aromatic rings. The summed E-state index contributed by atoms with van der Waals surface area (Å²) in [6.45, 7) is 2.63. The van der Waals surface area contributed by atoms with Crippen molar-refractivity contribution in [3.63, 3.8) is 0 Å². The van der Waals surface area contributed by atoms with Gasteiger partial charge in [-0.3, -0.25) is 0 Å². The summed E-state index contributed by atoms with van der Waals surface area (Å²) in [5, 5.41) is 0. The van der Waals surface area contributed by atoms with Crippen LogP contribution in [0.1, 0.15) is 16.7 Å². The van der Waals surface area contributed by atoms with Crippen molar-refractivity contribution >= 4 is 12.2 Å². The molecule has 4 heteroatoms. The fraction of sp³-hybridized carbons (Fsp3) is 0.176. The Balaban J connectivity index is 0.000000262. The van der Waals surface area contributed by atoms with Crippen LogP contribution in [0, 0.1) is 6.92 Å². The predicted octanol–water partition coefficient (Wildman–Crippen LogP) is 3.35. The molecule has 0 aromatic heterocycles. The topological polar surface area (TPSA) is 58.9 Å². The molecule has 106 valence electrons. The SMILES string of the molecule is Cc1ccccc1.O=C=NCc1ccccc1CN=C=O. The molecular formula is C17H16N2O2. The lowest BCUT2D eigenvalue weighted by Gasteiger charge is -2.01. The van der Waals surface area contributed by atoms with E-state index in [0.29, 0.717) is 0 Å². The van der Waals surface area contributed by atoms with E-state index in [2.05, 4.69) is 29.0 Å². The van der Waals surface area contributed by atoms with Gasteiger partial charge < -0.3 is 0 Å². The van der Waals surface area contributed by atoms with Crippen molar-refractivity contribution in [3.05, 3.63) is 71.3 Å². The molecule has 0 aliphatic carbocycles. The minimum atomic E-state index is 0.272. The zero-order valence-corrected chi connectivity index (χ0v) is 11.8. The largest absolute Gasteiger partial charge is 0.235 e. The Bertz CT molecular complexity index is 602. The molecule has 0 bridgehead atoms. The lowest BCUT2D eigenvalue weighted by Crippen LogP contribution is -1.90. The van der Waals surface area contributed by atoms with Crippen LogP contribution in [-0.4, -0.2) is 12.2 Å². The molecule has 0 aliphatic heterocycles. The summed E-state index contributed by atoms with van der Waals surface area (Å²) in [5.74, 6) is 0. The van der Waals surface area contributed by atoms with E-state index in [4.69, 9.17) is 0 Å². The van der Waals surface area contributed by atoms with E-state index in [1.54, 1.807) is 0 Å². The second kappa shape index (κ2) is 10.0. The van der Waals surface area contributed by atoms with Crippen LogP contribution in [0.2, 0.25) is 0 Å². The molecule has 0 fully saturated rings. The van der Waals surface area contributed by atoms with Gasteiger partial charge in [-0.15, -0.1) is 0 Å². The Morgan fingerprint density at radius 2 is 1.19 bits per heavy atom. The standard InChI is InChI=1S/C10H8N2O2.C7H8/c13-7-11-5-9-3-1-2-4-10(9)6-12-8-14;1-7-5-3-2-4-6-7/h1-4H,5-6H2;2-6H,1H3. The number of benzene rings is 2. The molecule has 0 atom stereocenters. The van der Waals surface area contributed by atoms with Gasteiger partial charge in [-0.2, -0.15) is 0 Å². The zero-order chi connectivity index (χ0) is 15.3. The summed E-state index contributed by atoms with van der Waals surface area (Å²) in [6.07, 6.45) is 2.93. The van der Waals surface area contributed by atoms with Crippen LogP contribution in [0.4, 0.5) is 0 Å². The maximum atomic E-state index is 9.93. The van der Waals surface area contributed by atoms with Gasteiger partial charge in [-0.1, -0.05) is 60.2 Å². The first kappa shape index (κ1) is 16.3. The maximum absolute atomic E-state index is 9.93. The second-order valence-electron chi connectivity index (χ2n) is 4.24. The third-order valence-corrected chi connectivity index (χ3v) is 2.69. The second-order valence-corrected chi connectivity index (χ2v) is 4.24. The molecule has 0 amide bonds. The summed E-state index contributed by atoms with van der Waals surface area (Å²) in [4.78, 5) is 26.8. The highest BCUT2D eigenvalue weighted by atomic mass is 16.1. The first-order valence-corrected chi connectivity index (χ1v) is 6.43. The summed E-state index contributed by atoms with van der Waals surface area (Å²) >= 11 is 0. The van der Waals surface area contributed by atoms with Crippen molar-refractivity contribution in [3.8, 4) is 0 Å². The average Bonchev–Trinajstić information content (AvgIpc) is 2.53. The fourth-order valence-corrected chi connectivity index (χ4v) is 1.64. The van der Waals surface area contributed by atoms with E-state index < -0.39 is 0 Å². The van der Waals surface area contributed by atoms with Crippen LogP contribution in [0.3, 0.4) is 0 Å². The molecule has 2 rings (SSSR count). The number of hydrogen-bond donors (Lipinski definition) is 0. The van der Waals surface area contributed by atoms with Gasteiger partial charge >= 0.3 is 0 Å². The molecule has 0 aliphatic rings. The van der Waals surface area contributed by atoms with Crippen molar-refractivity contribution < 1.29 is 9.59 Å². The van der Waals surface area contributed by atoms with Gasteiger partial charge in [-0.25, -0.2) is 19.6 Å². The van der Waals surface area contributed by atoms with Crippen LogP contribution < -0.4 is 0 Å². The predicted molar refractivity (Wildman–Crippen MR) is 81.3 cm³/mol. The van der Waals surface area contributed by atoms with Gasteiger partial charge in [0.15, 0.2) is 0 Å². The Kier molecular flexibility index (Phi) is 7.77. The molecule has 0 heterocycles. The van der Waals surface area contributed by atoms with Crippen LogP contribution in [0.15, 0.2) is 64.6 Å². The van der Waals surface area contributed by atoms with E-state index in [0.717, 1.165) is 11.1 Å².